The molecule has 0 atom stereocenters. The summed E-state index contributed by atoms with van der Waals surface area (Å²) < 4.78 is 0.873. The van der Waals surface area contributed by atoms with Gasteiger partial charge in [0.05, 0.1) is 16.8 Å². The fourth-order valence-corrected chi connectivity index (χ4v) is 3.42. The molecule has 0 saturated carbocycles. The molecule has 0 aliphatic carbocycles. The van der Waals surface area contributed by atoms with Crippen LogP contribution in [0.2, 0.25) is 0 Å². The number of carbonyl (C=O) groups is 1. The van der Waals surface area contributed by atoms with E-state index in [1.807, 2.05) is 56.3 Å². The Labute approximate surface area is 143 Å². The van der Waals surface area contributed by atoms with Crippen LogP contribution in [0.5, 0.6) is 0 Å². The van der Waals surface area contributed by atoms with Crippen LogP contribution in [0, 0.1) is 6.92 Å². The first-order chi connectivity index (χ1) is 11.0. The lowest BCUT2D eigenvalue weighted by molar-refractivity contribution is 0.0698. The lowest BCUT2D eigenvalue weighted by atomic mass is 9.95. The minimum absolute atomic E-state index is 0.324. The summed E-state index contributed by atoms with van der Waals surface area (Å²) in [4.78, 5) is 16.7. The molecule has 0 saturated heterocycles. The van der Waals surface area contributed by atoms with E-state index in [0.717, 1.165) is 33.2 Å². The lowest BCUT2D eigenvalue weighted by Crippen LogP contribution is -2.06. The van der Waals surface area contributed by atoms with Gasteiger partial charge in [0.1, 0.15) is 0 Å². The average molecular weight is 370 g/mol. The summed E-state index contributed by atoms with van der Waals surface area (Å²) in [6, 6.07) is 13.6. The van der Waals surface area contributed by atoms with Gasteiger partial charge in [0.2, 0.25) is 0 Å². The van der Waals surface area contributed by atoms with E-state index in [4.69, 9.17) is 4.98 Å². The number of aromatic carboxylic acids is 1. The smallest absolute Gasteiger partial charge is 0.336 e. The third-order valence-electron chi connectivity index (χ3n) is 4.02. The van der Waals surface area contributed by atoms with E-state index in [9.17, 15) is 9.90 Å². The van der Waals surface area contributed by atoms with E-state index in [0.29, 0.717) is 16.5 Å². The van der Waals surface area contributed by atoms with Gasteiger partial charge in [-0.15, -0.1) is 0 Å². The van der Waals surface area contributed by atoms with Gasteiger partial charge in [-0.25, -0.2) is 9.78 Å². The van der Waals surface area contributed by atoms with E-state index >= 15 is 0 Å². The van der Waals surface area contributed by atoms with Crippen LogP contribution in [0.3, 0.4) is 0 Å². The molecule has 1 aromatic heterocycles. The SMILES string of the molecule is CCc1cc(Br)cc2c(C(=O)O)c(C)c(-c3ccccc3)nc12. The first-order valence-corrected chi connectivity index (χ1v) is 8.23. The summed E-state index contributed by atoms with van der Waals surface area (Å²) in [5, 5.41) is 10.4. The molecule has 0 fully saturated rings. The Hall–Kier alpha value is -2.20. The van der Waals surface area contributed by atoms with E-state index in [-0.39, 0.29) is 0 Å². The van der Waals surface area contributed by atoms with Crippen LogP contribution in [0.15, 0.2) is 46.9 Å². The van der Waals surface area contributed by atoms with Crippen LogP contribution in [0.1, 0.15) is 28.4 Å². The van der Waals surface area contributed by atoms with Crippen molar-refractivity contribution in [1.29, 1.82) is 0 Å². The van der Waals surface area contributed by atoms with Crippen LogP contribution in [-0.2, 0) is 6.42 Å². The highest BCUT2D eigenvalue weighted by molar-refractivity contribution is 9.10. The van der Waals surface area contributed by atoms with Crippen molar-refractivity contribution in [2.75, 3.05) is 0 Å². The zero-order chi connectivity index (χ0) is 16.6. The van der Waals surface area contributed by atoms with Crippen molar-refractivity contribution in [3.8, 4) is 11.3 Å². The Morgan fingerprint density at radius 2 is 1.91 bits per heavy atom. The zero-order valence-electron chi connectivity index (χ0n) is 12.9. The van der Waals surface area contributed by atoms with Gasteiger partial charge in [0.15, 0.2) is 0 Å². The summed E-state index contributed by atoms with van der Waals surface area (Å²) in [6.07, 6.45) is 0.791. The van der Waals surface area contributed by atoms with Gasteiger partial charge in [-0.05, 0) is 36.6 Å². The molecule has 1 heterocycles. The number of hydrogen-bond donors (Lipinski definition) is 1. The Balaban J connectivity index is 2.47. The Morgan fingerprint density at radius 3 is 2.52 bits per heavy atom. The molecule has 23 heavy (non-hydrogen) atoms. The molecule has 0 bridgehead atoms. The third kappa shape index (κ3) is 2.75. The fraction of sp³-hybridized carbons (Fsp3) is 0.158. The maximum atomic E-state index is 11.9. The van der Waals surface area contributed by atoms with E-state index < -0.39 is 5.97 Å². The van der Waals surface area contributed by atoms with Gasteiger partial charge in [0, 0.05) is 15.4 Å². The normalized spacial score (nSPS) is 10.9. The van der Waals surface area contributed by atoms with Crippen LogP contribution in [0.4, 0.5) is 0 Å². The predicted molar refractivity (Wildman–Crippen MR) is 96.0 cm³/mol. The summed E-state index contributed by atoms with van der Waals surface area (Å²) in [6.45, 7) is 3.87. The first kappa shape index (κ1) is 15.7. The van der Waals surface area contributed by atoms with Gasteiger partial charge in [-0.1, -0.05) is 53.2 Å². The summed E-state index contributed by atoms with van der Waals surface area (Å²) in [5.74, 6) is -0.924. The molecule has 0 radical (unpaired) electrons. The van der Waals surface area contributed by atoms with Crippen LogP contribution in [0.25, 0.3) is 22.2 Å². The van der Waals surface area contributed by atoms with Gasteiger partial charge in [0.25, 0.3) is 0 Å². The van der Waals surface area contributed by atoms with Crippen molar-refractivity contribution in [3.63, 3.8) is 0 Å². The molecule has 0 aliphatic rings. The van der Waals surface area contributed by atoms with E-state index in [1.165, 1.54) is 0 Å². The Kier molecular flexibility index (Phi) is 4.18. The van der Waals surface area contributed by atoms with Gasteiger partial charge in [-0.2, -0.15) is 0 Å². The van der Waals surface area contributed by atoms with Crippen LogP contribution in [-0.4, -0.2) is 16.1 Å². The second kappa shape index (κ2) is 6.13. The van der Waals surface area contributed by atoms with Gasteiger partial charge >= 0.3 is 5.97 Å². The fourth-order valence-electron chi connectivity index (χ4n) is 2.92. The number of nitrogens with zero attached hydrogens (tertiary/aromatic N) is 1. The summed E-state index contributed by atoms with van der Waals surface area (Å²) >= 11 is 3.47. The maximum Gasteiger partial charge on any atom is 0.336 e. The molecule has 3 rings (SSSR count). The molecule has 3 nitrogen and oxygen atoms in total. The highest BCUT2D eigenvalue weighted by atomic mass is 79.9. The summed E-state index contributed by atoms with van der Waals surface area (Å²) in [7, 11) is 0. The topological polar surface area (TPSA) is 50.2 Å². The number of aromatic nitrogens is 1. The largest absolute Gasteiger partial charge is 0.478 e. The number of hydrogen-bond acceptors (Lipinski definition) is 2. The average Bonchev–Trinajstić information content (AvgIpc) is 2.53. The summed E-state index contributed by atoms with van der Waals surface area (Å²) in [5.41, 5.74) is 4.47. The Bertz CT molecular complexity index is 904. The number of halogens is 1. The van der Waals surface area contributed by atoms with Crippen LogP contribution >= 0.6 is 15.9 Å². The third-order valence-corrected chi connectivity index (χ3v) is 4.48. The minimum atomic E-state index is -0.924. The van der Waals surface area contributed by atoms with Crippen molar-refractivity contribution in [3.05, 3.63) is 63.6 Å². The Morgan fingerprint density at radius 1 is 1.22 bits per heavy atom. The molecule has 0 spiro atoms. The quantitative estimate of drug-likeness (QED) is 0.687. The lowest BCUT2D eigenvalue weighted by Gasteiger charge is -2.14. The van der Waals surface area contributed by atoms with Crippen molar-refractivity contribution in [1.82, 2.24) is 4.98 Å². The van der Waals surface area contributed by atoms with Crippen molar-refractivity contribution in [2.45, 2.75) is 20.3 Å². The van der Waals surface area contributed by atoms with Crippen molar-refractivity contribution >= 4 is 32.8 Å². The number of rotatable bonds is 3. The number of benzene rings is 2. The standard InChI is InChI=1S/C19H16BrNO2/c1-3-12-9-14(20)10-15-16(19(22)23)11(2)17(21-18(12)15)13-7-5-4-6-8-13/h4-10H,3H2,1-2H3,(H,22,23). The van der Waals surface area contributed by atoms with Crippen LogP contribution < -0.4 is 0 Å². The molecule has 4 heteroatoms. The number of pyridine rings is 1. The molecule has 1 N–H and O–H groups in total. The molecule has 0 amide bonds. The molecule has 116 valence electrons. The molecule has 2 aromatic carbocycles. The molecular weight excluding hydrogens is 354 g/mol. The molecular formula is C19H16BrNO2. The first-order valence-electron chi connectivity index (χ1n) is 7.44. The van der Waals surface area contributed by atoms with Gasteiger partial charge in [-0.3, -0.25) is 0 Å². The van der Waals surface area contributed by atoms with E-state index in [1.54, 1.807) is 0 Å². The van der Waals surface area contributed by atoms with Gasteiger partial charge < -0.3 is 5.11 Å². The molecule has 3 aromatic rings. The predicted octanol–water partition coefficient (Wildman–Crippen LogP) is 5.23. The van der Waals surface area contributed by atoms with Crippen molar-refractivity contribution in [2.24, 2.45) is 0 Å². The van der Waals surface area contributed by atoms with E-state index in [2.05, 4.69) is 15.9 Å². The van der Waals surface area contributed by atoms with Crippen molar-refractivity contribution < 1.29 is 9.90 Å². The highest BCUT2D eigenvalue weighted by Crippen LogP contribution is 2.33. The number of fused-ring (bicyclic) bond motifs is 1. The molecule has 0 aliphatic heterocycles. The second-order valence-electron chi connectivity index (χ2n) is 5.45. The second-order valence-corrected chi connectivity index (χ2v) is 6.36. The maximum absolute atomic E-state index is 11.9. The number of carboxylic acids is 1. The number of aryl methyl sites for hydroxylation is 1. The zero-order valence-corrected chi connectivity index (χ0v) is 14.5. The minimum Gasteiger partial charge on any atom is -0.478 e. The number of carboxylic acid groups (broad SMARTS) is 1. The molecule has 0 unspecified atom stereocenters. The highest BCUT2D eigenvalue weighted by Gasteiger charge is 2.20. The monoisotopic (exact) mass is 369 g/mol.